The molecule has 26 heavy (non-hydrogen) atoms. The van der Waals surface area contributed by atoms with Crippen LogP contribution >= 0.6 is 0 Å². The van der Waals surface area contributed by atoms with Crippen LogP contribution < -0.4 is 15.5 Å². The normalized spacial score (nSPS) is 20.7. The van der Waals surface area contributed by atoms with Gasteiger partial charge >= 0.3 is 0 Å². The van der Waals surface area contributed by atoms with Crippen molar-refractivity contribution in [2.45, 2.75) is 37.8 Å². The van der Waals surface area contributed by atoms with Gasteiger partial charge in [0.05, 0.1) is 5.69 Å². The third kappa shape index (κ3) is 5.09. The SMILES string of the molecule is CN(C)C(=O)CN=C(NC1CC1)NC1CCCN(c2ccccc2F)C1. The molecule has 0 spiro atoms. The maximum absolute atomic E-state index is 14.1. The number of nitrogens with one attached hydrogen (secondary N) is 2. The second-order valence-electron chi connectivity index (χ2n) is 7.25. The topological polar surface area (TPSA) is 60.0 Å². The van der Waals surface area contributed by atoms with E-state index in [1.54, 1.807) is 25.1 Å². The van der Waals surface area contributed by atoms with Crippen LogP contribution in [0.3, 0.4) is 0 Å². The third-order valence-electron chi connectivity index (χ3n) is 4.74. The van der Waals surface area contributed by atoms with E-state index in [0.717, 1.165) is 32.2 Å². The number of amides is 1. The van der Waals surface area contributed by atoms with Crippen molar-refractivity contribution in [3.05, 3.63) is 30.1 Å². The van der Waals surface area contributed by atoms with Gasteiger partial charge < -0.3 is 20.4 Å². The van der Waals surface area contributed by atoms with Gasteiger partial charge in [-0.25, -0.2) is 9.38 Å². The van der Waals surface area contributed by atoms with Crippen LogP contribution in [-0.2, 0) is 4.79 Å². The summed E-state index contributed by atoms with van der Waals surface area (Å²) in [5, 5.41) is 6.82. The van der Waals surface area contributed by atoms with Crippen LogP contribution in [0.4, 0.5) is 10.1 Å². The van der Waals surface area contributed by atoms with Crippen LogP contribution in [0.2, 0.25) is 0 Å². The van der Waals surface area contributed by atoms with E-state index in [4.69, 9.17) is 0 Å². The number of aliphatic imine (C=N–C) groups is 1. The monoisotopic (exact) mass is 361 g/mol. The Bertz CT molecular complexity index is 659. The van der Waals surface area contributed by atoms with Gasteiger partial charge in [0.2, 0.25) is 5.91 Å². The molecule has 142 valence electrons. The summed E-state index contributed by atoms with van der Waals surface area (Å²) in [7, 11) is 3.46. The van der Waals surface area contributed by atoms with Gasteiger partial charge in [-0.3, -0.25) is 4.79 Å². The fourth-order valence-corrected chi connectivity index (χ4v) is 3.06. The first-order valence-electron chi connectivity index (χ1n) is 9.30. The lowest BCUT2D eigenvalue weighted by molar-refractivity contribution is -0.127. The van der Waals surface area contributed by atoms with Crippen molar-refractivity contribution in [3.63, 3.8) is 0 Å². The van der Waals surface area contributed by atoms with E-state index in [2.05, 4.69) is 20.5 Å². The fraction of sp³-hybridized carbons (Fsp3) is 0.579. The average Bonchev–Trinajstić information content (AvgIpc) is 3.44. The Morgan fingerprint density at radius 3 is 2.65 bits per heavy atom. The average molecular weight is 361 g/mol. The molecule has 6 nitrogen and oxygen atoms in total. The number of carbonyl (C=O) groups excluding carboxylic acids is 1. The third-order valence-corrected chi connectivity index (χ3v) is 4.74. The number of rotatable bonds is 5. The van der Waals surface area contributed by atoms with Crippen molar-refractivity contribution in [2.75, 3.05) is 38.6 Å². The summed E-state index contributed by atoms with van der Waals surface area (Å²) in [4.78, 5) is 19.9. The Hall–Kier alpha value is -2.31. The minimum absolute atomic E-state index is 0.0291. The summed E-state index contributed by atoms with van der Waals surface area (Å²) in [6.45, 7) is 1.69. The molecule has 1 amide bonds. The molecular formula is C19H28FN5O. The first-order valence-corrected chi connectivity index (χ1v) is 9.30. The van der Waals surface area contributed by atoms with Crippen molar-refractivity contribution in [3.8, 4) is 0 Å². The maximum atomic E-state index is 14.1. The highest BCUT2D eigenvalue weighted by atomic mass is 19.1. The lowest BCUT2D eigenvalue weighted by atomic mass is 10.0. The Kier molecular flexibility index (Phi) is 5.96. The van der Waals surface area contributed by atoms with Crippen LogP contribution in [0.1, 0.15) is 25.7 Å². The van der Waals surface area contributed by atoms with Gasteiger partial charge in [-0.2, -0.15) is 0 Å². The van der Waals surface area contributed by atoms with Gasteiger partial charge in [0, 0.05) is 39.3 Å². The molecular weight excluding hydrogens is 333 g/mol. The van der Waals surface area contributed by atoms with Crippen LogP contribution in [0.15, 0.2) is 29.3 Å². The molecule has 1 saturated carbocycles. The zero-order valence-electron chi connectivity index (χ0n) is 15.5. The van der Waals surface area contributed by atoms with E-state index in [9.17, 15) is 9.18 Å². The predicted octanol–water partition coefficient (Wildman–Crippen LogP) is 1.58. The van der Waals surface area contributed by atoms with Gasteiger partial charge in [-0.15, -0.1) is 0 Å². The second kappa shape index (κ2) is 8.38. The number of guanidine groups is 1. The molecule has 1 unspecified atom stereocenters. The van der Waals surface area contributed by atoms with Crippen molar-refractivity contribution < 1.29 is 9.18 Å². The first kappa shape index (κ1) is 18.5. The summed E-state index contributed by atoms with van der Waals surface area (Å²) in [5.74, 6) is 0.469. The lowest BCUT2D eigenvalue weighted by Crippen LogP contribution is -2.52. The van der Waals surface area contributed by atoms with Gasteiger partial charge in [0.25, 0.3) is 0 Å². The van der Waals surface area contributed by atoms with Crippen LogP contribution in [0, 0.1) is 5.82 Å². The largest absolute Gasteiger partial charge is 0.367 e. The van der Waals surface area contributed by atoms with Crippen molar-refractivity contribution in [1.29, 1.82) is 0 Å². The predicted molar refractivity (Wildman–Crippen MR) is 102 cm³/mol. The molecule has 2 fully saturated rings. The number of hydrogen-bond acceptors (Lipinski definition) is 3. The van der Waals surface area contributed by atoms with Crippen LogP contribution in [0.25, 0.3) is 0 Å². The number of piperidine rings is 1. The molecule has 3 rings (SSSR count). The number of nitrogens with zero attached hydrogens (tertiary/aromatic N) is 3. The van der Waals surface area contributed by atoms with Gasteiger partial charge in [-0.05, 0) is 37.8 Å². The minimum atomic E-state index is -0.185. The number of halogens is 1. The lowest BCUT2D eigenvalue weighted by Gasteiger charge is -2.35. The van der Waals surface area contributed by atoms with E-state index in [1.807, 2.05) is 12.1 Å². The van der Waals surface area contributed by atoms with E-state index in [-0.39, 0.29) is 24.3 Å². The molecule has 2 N–H and O–H groups in total. The highest BCUT2D eigenvalue weighted by Gasteiger charge is 2.26. The molecule has 1 aromatic rings. The molecule has 1 aliphatic heterocycles. The number of anilines is 1. The van der Waals surface area contributed by atoms with E-state index < -0.39 is 0 Å². The highest BCUT2D eigenvalue weighted by Crippen LogP contribution is 2.23. The first-order chi connectivity index (χ1) is 12.5. The Morgan fingerprint density at radius 2 is 1.96 bits per heavy atom. The summed E-state index contributed by atoms with van der Waals surface area (Å²) in [6.07, 6.45) is 4.25. The number of benzene rings is 1. The zero-order valence-corrected chi connectivity index (χ0v) is 15.5. The Balaban J connectivity index is 1.63. The second-order valence-corrected chi connectivity index (χ2v) is 7.25. The van der Waals surface area contributed by atoms with Crippen LogP contribution in [-0.4, -0.2) is 62.6 Å². The van der Waals surface area contributed by atoms with E-state index in [0.29, 0.717) is 24.2 Å². The van der Waals surface area contributed by atoms with E-state index in [1.165, 1.54) is 6.07 Å². The summed E-state index contributed by atoms with van der Waals surface area (Å²) in [6, 6.07) is 7.52. The molecule has 0 radical (unpaired) electrons. The zero-order chi connectivity index (χ0) is 18.5. The maximum Gasteiger partial charge on any atom is 0.243 e. The Morgan fingerprint density at radius 1 is 1.23 bits per heavy atom. The highest BCUT2D eigenvalue weighted by molar-refractivity contribution is 5.85. The quantitative estimate of drug-likeness (QED) is 0.618. The molecule has 1 atom stereocenters. The molecule has 1 saturated heterocycles. The van der Waals surface area contributed by atoms with Gasteiger partial charge in [0.15, 0.2) is 5.96 Å². The molecule has 7 heteroatoms. The molecule has 1 aromatic carbocycles. The minimum Gasteiger partial charge on any atom is -0.367 e. The van der Waals surface area contributed by atoms with Gasteiger partial charge in [-0.1, -0.05) is 12.1 Å². The fourth-order valence-electron chi connectivity index (χ4n) is 3.06. The smallest absolute Gasteiger partial charge is 0.243 e. The van der Waals surface area contributed by atoms with E-state index >= 15 is 0 Å². The van der Waals surface area contributed by atoms with Crippen molar-refractivity contribution in [2.24, 2.45) is 4.99 Å². The Labute approximate surface area is 154 Å². The van der Waals surface area contributed by atoms with Crippen molar-refractivity contribution in [1.82, 2.24) is 15.5 Å². The molecule has 0 bridgehead atoms. The number of carbonyl (C=O) groups is 1. The number of hydrogen-bond donors (Lipinski definition) is 2. The summed E-state index contributed by atoms with van der Waals surface area (Å²) in [5.41, 5.74) is 0.649. The van der Waals surface area contributed by atoms with Gasteiger partial charge in [0.1, 0.15) is 12.4 Å². The van der Waals surface area contributed by atoms with Crippen LogP contribution in [0.5, 0.6) is 0 Å². The standard InChI is InChI=1S/C19H28FN5O/c1-24(2)18(26)12-21-19(22-14-9-10-14)23-15-6-5-11-25(13-15)17-8-4-3-7-16(17)20/h3-4,7-8,14-15H,5-6,9-13H2,1-2H3,(H2,21,22,23). The molecule has 2 aliphatic rings. The molecule has 1 heterocycles. The summed E-state index contributed by atoms with van der Waals surface area (Å²) < 4.78 is 14.1. The number of likely N-dealkylation sites (N-methyl/N-ethyl adjacent to an activating group) is 1. The summed E-state index contributed by atoms with van der Waals surface area (Å²) >= 11 is 0. The molecule has 0 aromatic heterocycles. The number of para-hydroxylation sites is 1. The molecule has 1 aliphatic carbocycles. The van der Waals surface area contributed by atoms with Crippen molar-refractivity contribution >= 4 is 17.6 Å².